The number of nitrogens with zero attached hydrogens (tertiary/aromatic N) is 4. The lowest BCUT2D eigenvalue weighted by Gasteiger charge is -2.36. The molecule has 3 rings (SSSR count). The van der Waals surface area contributed by atoms with Gasteiger partial charge in [-0.05, 0) is 37.1 Å². The van der Waals surface area contributed by atoms with Gasteiger partial charge in [0.15, 0.2) is 0 Å². The molecule has 26 heavy (non-hydrogen) atoms. The van der Waals surface area contributed by atoms with Gasteiger partial charge in [-0.3, -0.25) is 0 Å². The highest BCUT2D eigenvalue weighted by atomic mass is 16.5. The molecule has 0 aliphatic carbocycles. The number of hydrogen-bond donors (Lipinski definition) is 1. The predicted molar refractivity (Wildman–Crippen MR) is 108 cm³/mol. The smallest absolute Gasteiger partial charge is 0.227 e. The molecule has 0 radical (unpaired) electrons. The molecule has 1 aromatic carbocycles. The number of ether oxygens (including phenoxy) is 1. The van der Waals surface area contributed by atoms with Crippen molar-refractivity contribution in [2.75, 3.05) is 55.0 Å². The van der Waals surface area contributed by atoms with Crippen LogP contribution in [0.15, 0.2) is 30.3 Å². The third kappa shape index (κ3) is 4.56. The molecule has 0 spiro atoms. The van der Waals surface area contributed by atoms with Crippen molar-refractivity contribution < 1.29 is 4.74 Å². The van der Waals surface area contributed by atoms with Crippen LogP contribution >= 0.6 is 0 Å². The summed E-state index contributed by atoms with van der Waals surface area (Å²) in [5.41, 5.74) is 2.23. The summed E-state index contributed by atoms with van der Waals surface area (Å²) in [5, 5.41) is 3.41. The predicted octanol–water partition coefficient (Wildman–Crippen LogP) is 3.19. The van der Waals surface area contributed by atoms with Crippen molar-refractivity contribution in [3.8, 4) is 5.75 Å². The Bertz CT molecular complexity index is 709. The van der Waals surface area contributed by atoms with Gasteiger partial charge in [0.2, 0.25) is 5.95 Å². The largest absolute Gasteiger partial charge is 0.497 e. The summed E-state index contributed by atoms with van der Waals surface area (Å²) in [7, 11) is 1.69. The van der Waals surface area contributed by atoms with E-state index >= 15 is 0 Å². The fourth-order valence-corrected chi connectivity index (χ4v) is 3.05. The molecule has 0 atom stereocenters. The van der Waals surface area contributed by atoms with Gasteiger partial charge >= 0.3 is 0 Å². The van der Waals surface area contributed by atoms with Crippen molar-refractivity contribution in [2.45, 2.75) is 20.8 Å². The highest BCUT2D eigenvalue weighted by Gasteiger charge is 2.20. The second-order valence-corrected chi connectivity index (χ2v) is 7.14. The number of rotatable bonds is 6. The first-order chi connectivity index (χ1) is 12.5. The number of anilines is 3. The molecule has 1 fully saturated rings. The van der Waals surface area contributed by atoms with Crippen molar-refractivity contribution >= 4 is 17.5 Å². The monoisotopic (exact) mass is 355 g/mol. The number of benzene rings is 1. The zero-order valence-corrected chi connectivity index (χ0v) is 16.2. The van der Waals surface area contributed by atoms with Crippen molar-refractivity contribution in [1.82, 2.24) is 9.97 Å². The van der Waals surface area contributed by atoms with Crippen molar-refractivity contribution in [3.05, 3.63) is 36.0 Å². The Morgan fingerprint density at radius 1 is 1.04 bits per heavy atom. The molecule has 140 valence electrons. The summed E-state index contributed by atoms with van der Waals surface area (Å²) in [5.74, 6) is 3.22. The zero-order valence-electron chi connectivity index (χ0n) is 16.2. The maximum Gasteiger partial charge on any atom is 0.227 e. The van der Waals surface area contributed by atoms with Crippen molar-refractivity contribution in [1.29, 1.82) is 0 Å². The van der Waals surface area contributed by atoms with Gasteiger partial charge in [-0.15, -0.1) is 0 Å². The summed E-state index contributed by atoms with van der Waals surface area (Å²) in [6.07, 6.45) is 0. The highest BCUT2D eigenvalue weighted by Crippen LogP contribution is 2.22. The van der Waals surface area contributed by atoms with Gasteiger partial charge in [-0.2, -0.15) is 4.98 Å². The van der Waals surface area contributed by atoms with Crippen molar-refractivity contribution in [3.63, 3.8) is 0 Å². The van der Waals surface area contributed by atoms with Gasteiger partial charge in [-0.25, -0.2) is 4.98 Å². The van der Waals surface area contributed by atoms with Gasteiger partial charge in [0.1, 0.15) is 11.6 Å². The minimum Gasteiger partial charge on any atom is -0.497 e. The maximum absolute atomic E-state index is 5.24. The molecule has 0 bridgehead atoms. The van der Waals surface area contributed by atoms with Crippen LogP contribution in [0.5, 0.6) is 5.75 Å². The lowest BCUT2D eigenvalue weighted by atomic mass is 10.2. The van der Waals surface area contributed by atoms with Crippen LogP contribution in [0.25, 0.3) is 0 Å². The van der Waals surface area contributed by atoms with Crippen LogP contribution in [0.1, 0.15) is 19.5 Å². The van der Waals surface area contributed by atoms with Gasteiger partial charge in [0.25, 0.3) is 0 Å². The number of methoxy groups -OCH3 is 1. The van der Waals surface area contributed by atoms with E-state index in [1.807, 2.05) is 25.1 Å². The lowest BCUT2D eigenvalue weighted by molar-refractivity contribution is 0.415. The molecule has 0 unspecified atom stereocenters. The van der Waals surface area contributed by atoms with Crippen LogP contribution in [0.3, 0.4) is 0 Å². The van der Waals surface area contributed by atoms with E-state index in [0.29, 0.717) is 5.92 Å². The first-order valence-electron chi connectivity index (χ1n) is 9.28. The van der Waals surface area contributed by atoms with Crippen LogP contribution in [0, 0.1) is 12.8 Å². The second kappa shape index (κ2) is 8.25. The summed E-state index contributed by atoms with van der Waals surface area (Å²) in [6, 6.07) is 10.3. The van der Waals surface area contributed by atoms with E-state index in [-0.39, 0.29) is 0 Å². The highest BCUT2D eigenvalue weighted by molar-refractivity contribution is 5.51. The van der Waals surface area contributed by atoms with Gasteiger partial charge < -0.3 is 19.9 Å². The molecule has 1 aromatic heterocycles. The number of hydrogen-bond acceptors (Lipinski definition) is 6. The van der Waals surface area contributed by atoms with E-state index in [4.69, 9.17) is 9.72 Å². The molecular weight excluding hydrogens is 326 g/mol. The lowest BCUT2D eigenvalue weighted by Crippen LogP contribution is -2.47. The van der Waals surface area contributed by atoms with Crippen LogP contribution < -0.4 is 19.9 Å². The molecule has 0 amide bonds. The van der Waals surface area contributed by atoms with Crippen LogP contribution in [-0.2, 0) is 0 Å². The van der Waals surface area contributed by atoms with E-state index in [1.54, 1.807) is 7.11 Å². The molecule has 2 heterocycles. The van der Waals surface area contributed by atoms with Crippen molar-refractivity contribution in [2.24, 2.45) is 5.92 Å². The fraction of sp³-hybridized carbons (Fsp3) is 0.500. The first-order valence-corrected chi connectivity index (χ1v) is 9.28. The third-order valence-corrected chi connectivity index (χ3v) is 4.53. The van der Waals surface area contributed by atoms with E-state index in [1.165, 1.54) is 5.69 Å². The average Bonchev–Trinajstić information content (AvgIpc) is 2.66. The summed E-state index contributed by atoms with van der Waals surface area (Å²) in [6.45, 7) is 11.1. The average molecular weight is 355 g/mol. The summed E-state index contributed by atoms with van der Waals surface area (Å²) in [4.78, 5) is 14.0. The first kappa shape index (κ1) is 18.3. The molecule has 1 saturated heterocycles. The number of aromatic nitrogens is 2. The van der Waals surface area contributed by atoms with E-state index in [2.05, 4.69) is 46.1 Å². The number of aryl methyl sites for hydroxylation is 1. The fourth-order valence-electron chi connectivity index (χ4n) is 3.05. The third-order valence-electron chi connectivity index (χ3n) is 4.53. The molecular formula is C20H29N5O. The van der Waals surface area contributed by atoms with Crippen LogP contribution in [-0.4, -0.2) is 49.8 Å². The van der Waals surface area contributed by atoms with Crippen LogP contribution in [0.4, 0.5) is 17.5 Å². The number of piperazine rings is 1. The normalized spacial score (nSPS) is 14.7. The Morgan fingerprint density at radius 2 is 1.69 bits per heavy atom. The molecule has 1 aliphatic rings. The topological polar surface area (TPSA) is 53.5 Å². The SMILES string of the molecule is COc1ccc(N2CCN(c3nc(C)cc(NCC(C)C)n3)CC2)cc1. The van der Waals surface area contributed by atoms with Gasteiger partial charge in [0, 0.05) is 50.2 Å². The Kier molecular flexibility index (Phi) is 5.81. The second-order valence-electron chi connectivity index (χ2n) is 7.14. The van der Waals surface area contributed by atoms with Gasteiger partial charge in [-0.1, -0.05) is 13.8 Å². The number of nitrogens with one attached hydrogen (secondary N) is 1. The minimum absolute atomic E-state index is 0.585. The Balaban J connectivity index is 1.63. The van der Waals surface area contributed by atoms with E-state index in [9.17, 15) is 0 Å². The molecule has 6 heteroatoms. The molecule has 1 N–H and O–H groups in total. The van der Waals surface area contributed by atoms with E-state index in [0.717, 1.165) is 55.9 Å². The minimum atomic E-state index is 0.585. The van der Waals surface area contributed by atoms with Gasteiger partial charge in [0.05, 0.1) is 7.11 Å². The molecule has 6 nitrogen and oxygen atoms in total. The summed E-state index contributed by atoms with van der Waals surface area (Å²) >= 11 is 0. The summed E-state index contributed by atoms with van der Waals surface area (Å²) < 4.78 is 5.24. The maximum atomic E-state index is 5.24. The van der Waals surface area contributed by atoms with E-state index < -0.39 is 0 Å². The molecule has 2 aromatic rings. The Hall–Kier alpha value is -2.50. The quantitative estimate of drug-likeness (QED) is 0.859. The Labute approximate surface area is 156 Å². The molecule has 0 saturated carbocycles. The molecule has 1 aliphatic heterocycles. The van der Waals surface area contributed by atoms with Crippen LogP contribution in [0.2, 0.25) is 0 Å². The standard InChI is InChI=1S/C20H29N5O/c1-15(2)14-21-19-13-16(3)22-20(23-19)25-11-9-24(10-12-25)17-5-7-18(26-4)8-6-17/h5-8,13,15H,9-12,14H2,1-4H3,(H,21,22,23). The Morgan fingerprint density at radius 3 is 2.31 bits per heavy atom. The zero-order chi connectivity index (χ0) is 18.5.